The molecule has 0 aromatic rings. The van der Waals surface area contributed by atoms with Crippen molar-refractivity contribution < 1.29 is 4.74 Å². The van der Waals surface area contributed by atoms with E-state index in [1.165, 1.54) is 25.7 Å². The highest BCUT2D eigenvalue weighted by Gasteiger charge is 2.47. The molecule has 2 rings (SSSR count). The van der Waals surface area contributed by atoms with E-state index in [4.69, 9.17) is 10.5 Å². The summed E-state index contributed by atoms with van der Waals surface area (Å²) < 4.78 is 6.05. The van der Waals surface area contributed by atoms with Gasteiger partial charge in [-0.3, -0.25) is 0 Å². The van der Waals surface area contributed by atoms with Crippen LogP contribution in [0.15, 0.2) is 0 Å². The van der Waals surface area contributed by atoms with E-state index in [0.717, 1.165) is 18.9 Å². The average molecular weight is 197 g/mol. The molecule has 0 bridgehead atoms. The van der Waals surface area contributed by atoms with Crippen LogP contribution in [0.5, 0.6) is 0 Å². The van der Waals surface area contributed by atoms with Crippen molar-refractivity contribution in [2.45, 2.75) is 57.6 Å². The first kappa shape index (κ1) is 10.4. The van der Waals surface area contributed by atoms with Crippen molar-refractivity contribution in [1.29, 1.82) is 0 Å². The van der Waals surface area contributed by atoms with Crippen LogP contribution in [0.25, 0.3) is 0 Å². The van der Waals surface area contributed by atoms with Crippen LogP contribution >= 0.6 is 0 Å². The number of ether oxygens (including phenoxy) is 1. The third-order valence-electron chi connectivity index (χ3n) is 4.21. The fraction of sp³-hybridized carbons (Fsp3) is 1.00. The first-order valence-electron chi connectivity index (χ1n) is 6.04. The minimum absolute atomic E-state index is 0.0325. The van der Waals surface area contributed by atoms with Crippen molar-refractivity contribution in [3.63, 3.8) is 0 Å². The van der Waals surface area contributed by atoms with Crippen LogP contribution < -0.4 is 5.73 Å². The summed E-state index contributed by atoms with van der Waals surface area (Å²) in [7, 11) is 0. The summed E-state index contributed by atoms with van der Waals surface area (Å²) in [6.07, 6.45) is 6.13. The first-order valence-corrected chi connectivity index (χ1v) is 6.04. The van der Waals surface area contributed by atoms with Gasteiger partial charge in [-0.1, -0.05) is 13.8 Å². The van der Waals surface area contributed by atoms with Gasteiger partial charge in [0.1, 0.15) is 0 Å². The lowest BCUT2D eigenvalue weighted by molar-refractivity contribution is -0.148. The summed E-state index contributed by atoms with van der Waals surface area (Å²) in [5.74, 6) is 1.41. The van der Waals surface area contributed by atoms with Crippen molar-refractivity contribution in [2.24, 2.45) is 17.6 Å². The molecule has 0 radical (unpaired) electrons. The molecule has 1 aliphatic carbocycles. The van der Waals surface area contributed by atoms with Crippen LogP contribution in [0.3, 0.4) is 0 Å². The fourth-order valence-corrected chi connectivity index (χ4v) is 3.42. The molecule has 2 nitrogen and oxygen atoms in total. The quantitative estimate of drug-likeness (QED) is 0.647. The van der Waals surface area contributed by atoms with Crippen molar-refractivity contribution in [2.75, 3.05) is 6.61 Å². The van der Waals surface area contributed by atoms with Crippen LogP contribution in [0, 0.1) is 11.8 Å². The van der Waals surface area contributed by atoms with Gasteiger partial charge in [0.2, 0.25) is 0 Å². The van der Waals surface area contributed by atoms with Crippen molar-refractivity contribution in [3.05, 3.63) is 0 Å². The third-order valence-corrected chi connectivity index (χ3v) is 4.21. The van der Waals surface area contributed by atoms with Crippen LogP contribution in [-0.2, 0) is 4.74 Å². The van der Waals surface area contributed by atoms with Crippen LogP contribution in [0.4, 0.5) is 0 Å². The van der Waals surface area contributed by atoms with E-state index in [0.29, 0.717) is 5.92 Å². The molecule has 1 heterocycles. The Bertz CT molecular complexity index is 184. The number of hydrogen-bond acceptors (Lipinski definition) is 2. The summed E-state index contributed by atoms with van der Waals surface area (Å²) in [6, 6.07) is 0.265. The van der Waals surface area contributed by atoms with Crippen LogP contribution in [0.2, 0.25) is 0 Å². The molecule has 1 saturated heterocycles. The molecular weight excluding hydrogens is 174 g/mol. The largest absolute Gasteiger partial charge is 0.373 e. The van der Waals surface area contributed by atoms with E-state index in [1.54, 1.807) is 0 Å². The number of nitrogens with two attached hydrogens (primary N) is 1. The number of rotatable bonds is 0. The van der Waals surface area contributed by atoms with Crippen molar-refractivity contribution in [1.82, 2.24) is 0 Å². The Balaban J connectivity index is 2.14. The Kier molecular flexibility index (Phi) is 2.85. The lowest BCUT2D eigenvalue weighted by atomic mass is 9.66. The van der Waals surface area contributed by atoms with E-state index < -0.39 is 0 Å². The van der Waals surface area contributed by atoms with Gasteiger partial charge in [-0.05, 0) is 43.9 Å². The fourth-order valence-electron chi connectivity index (χ4n) is 3.42. The predicted molar refractivity (Wildman–Crippen MR) is 58.1 cm³/mol. The zero-order chi connectivity index (χ0) is 10.2. The molecule has 2 aliphatic rings. The van der Waals surface area contributed by atoms with E-state index >= 15 is 0 Å². The zero-order valence-electron chi connectivity index (χ0n) is 9.46. The molecule has 1 saturated carbocycles. The highest BCUT2D eigenvalue weighted by atomic mass is 16.5. The smallest absolute Gasteiger partial charge is 0.0858 e. The Morgan fingerprint density at radius 2 is 2.00 bits per heavy atom. The van der Waals surface area contributed by atoms with E-state index in [9.17, 15) is 0 Å². The molecule has 0 aromatic heterocycles. The maximum Gasteiger partial charge on any atom is 0.0858 e. The Morgan fingerprint density at radius 1 is 1.21 bits per heavy atom. The molecule has 1 spiro atoms. The second kappa shape index (κ2) is 3.82. The summed E-state index contributed by atoms with van der Waals surface area (Å²) in [6.45, 7) is 5.55. The lowest BCUT2D eigenvalue weighted by Crippen LogP contribution is -2.59. The van der Waals surface area contributed by atoms with Crippen LogP contribution in [0.1, 0.15) is 46.0 Å². The Morgan fingerprint density at radius 3 is 2.57 bits per heavy atom. The molecular formula is C12H23NO. The van der Waals surface area contributed by atoms with Gasteiger partial charge in [0, 0.05) is 12.6 Å². The summed E-state index contributed by atoms with van der Waals surface area (Å²) in [5, 5.41) is 0. The van der Waals surface area contributed by atoms with E-state index in [1.807, 2.05) is 0 Å². The molecule has 2 fully saturated rings. The molecule has 0 amide bonds. The predicted octanol–water partition coefficient (Wildman–Crippen LogP) is 2.32. The molecule has 82 valence electrons. The lowest BCUT2D eigenvalue weighted by Gasteiger charge is -2.50. The highest BCUT2D eigenvalue weighted by Crippen LogP contribution is 2.43. The first-order chi connectivity index (χ1) is 6.65. The van der Waals surface area contributed by atoms with Crippen molar-refractivity contribution in [3.8, 4) is 0 Å². The topological polar surface area (TPSA) is 35.2 Å². The van der Waals surface area contributed by atoms with E-state index in [2.05, 4.69) is 13.8 Å². The maximum absolute atomic E-state index is 6.30. The monoisotopic (exact) mass is 197 g/mol. The molecule has 2 heteroatoms. The van der Waals surface area contributed by atoms with Gasteiger partial charge >= 0.3 is 0 Å². The van der Waals surface area contributed by atoms with Gasteiger partial charge in [-0.25, -0.2) is 0 Å². The molecule has 0 unspecified atom stereocenters. The van der Waals surface area contributed by atoms with Gasteiger partial charge < -0.3 is 10.5 Å². The minimum atomic E-state index is 0.0325. The second-order valence-electron chi connectivity index (χ2n) is 5.34. The summed E-state index contributed by atoms with van der Waals surface area (Å²) in [4.78, 5) is 0. The average Bonchev–Trinajstić information content (AvgIpc) is 2.16. The summed E-state index contributed by atoms with van der Waals surface area (Å²) in [5.41, 5.74) is 6.33. The van der Waals surface area contributed by atoms with Gasteiger partial charge in [0.05, 0.1) is 5.60 Å². The molecule has 4 atom stereocenters. The van der Waals surface area contributed by atoms with Crippen LogP contribution in [-0.4, -0.2) is 18.2 Å². The minimum Gasteiger partial charge on any atom is -0.373 e. The van der Waals surface area contributed by atoms with Gasteiger partial charge in [-0.2, -0.15) is 0 Å². The van der Waals surface area contributed by atoms with Gasteiger partial charge in [0.25, 0.3) is 0 Å². The molecule has 0 aromatic carbocycles. The van der Waals surface area contributed by atoms with Crippen molar-refractivity contribution >= 4 is 0 Å². The molecule has 2 N–H and O–H groups in total. The maximum atomic E-state index is 6.30. The third kappa shape index (κ3) is 1.59. The van der Waals surface area contributed by atoms with E-state index in [-0.39, 0.29) is 11.6 Å². The Labute approximate surface area is 87.2 Å². The number of hydrogen-bond donors (Lipinski definition) is 1. The standard InChI is InChI=1S/C12H23NO/c1-9-7-10(2)12(11(13)8-9)5-3-4-6-14-12/h9-11H,3-8,13H2,1-2H3/t9-,10+,11-,12-/m1/s1. The second-order valence-corrected chi connectivity index (χ2v) is 5.34. The van der Waals surface area contributed by atoms with Gasteiger partial charge in [0.15, 0.2) is 0 Å². The highest BCUT2D eigenvalue weighted by molar-refractivity contribution is 5.01. The van der Waals surface area contributed by atoms with Gasteiger partial charge in [-0.15, -0.1) is 0 Å². The zero-order valence-corrected chi connectivity index (χ0v) is 9.46. The summed E-state index contributed by atoms with van der Waals surface area (Å²) >= 11 is 0. The molecule has 14 heavy (non-hydrogen) atoms. The SMILES string of the molecule is C[C@H]1C[C@@H](N)[C@@]2(CCCCO2)[C@@H](C)C1. The molecule has 1 aliphatic heterocycles. The Hall–Kier alpha value is -0.0800. The normalized spacial score (nSPS) is 49.5.